The smallest absolute Gasteiger partial charge is 0.337 e. The molecule has 20 heavy (non-hydrogen) atoms. The quantitative estimate of drug-likeness (QED) is 0.852. The number of carbonyl (C=O) groups excluding carboxylic acids is 1. The highest BCUT2D eigenvalue weighted by Crippen LogP contribution is 2.14. The number of hydrogen-bond acceptors (Lipinski definition) is 4. The molecule has 6 nitrogen and oxygen atoms in total. The lowest BCUT2D eigenvalue weighted by Crippen LogP contribution is -2.39. The molecule has 2 rings (SSSR count). The first kappa shape index (κ1) is 14.5. The van der Waals surface area contributed by atoms with E-state index in [0.717, 1.165) is 25.9 Å². The minimum Gasteiger partial charge on any atom is -0.478 e. The van der Waals surface area contributed by atoms with Crippen molar-refractivity contribution < 1.29 is 14.7 Å². The lowest BCUT2D eigenvalue weighted by molar-refractivity contribution is 0.0695. The summed E-state index contributed by atoms with van der Waals surface area (Å²) in [6.45, 7) is 2.74. The summed E-state index contributed by atoms with van der Waals surface area (Å²) in [4.78, 5) is 28.8. The normalized spacial score (nSPS) is 19.6. The molecule has 1 amide bonds. The minimum atomic E-state index is -1.05. The van der Waals surface area contributed by atoms with E-state index in [2.05, 4.69) is 22.2 Å². The largest absolute Gasteiger partial charge is 0.478 e. The van der Waals surface area contributed by atoms with Gasteiger partial charge in [0.1, 0.15) is 5.69 Å². The maximum Gasteiger partial charge on any atom is 0.337 e. The Morgan fingerprint density at radius 1 is 1.50 bits per heavy atom. The average Bonchev–Trinajstić information content (AvgIpc) is 2.45. The molecule has 108 valence electrons. The van der Waals surface area contributed by atoms with Crippen molar-refractivity contribution in [3.05, 3.63) is 29.6 Å². The molecule has 0 saturated carbocycles. The molecule has 1 saturated heterocycles. The molecule has 1 atom stereocenters. The van der Waals surface area contributed by atoms with Crippen LogP contribution >= 0.6 is 0 Å². The van der Waals surface area contributed by atoms with Gasteiger partial charge in [-0.15, -0.1) is 0 Å². The van der Waals surface area contributed by atoms with Gasteiger partial charge in [-0.3, -0.25) is 9.78 Å². The van der Waals surface area contributed by atoms with Crippen LogP contribution in [0.3, 0.4) is 0 Å². The first-order valence-electron chi connectivity index (χ1n) is 6.72. The predicted octanol–water partition coefficient (Wildman–Crippen LogP) is 0.851. The Hall–Kier alpha value is -1.95. The minimum absolute atomic E-state index is 0.0791. The Bertz CT molecular complexity index is 487. The number of amides is 1. The zero-order valence-corrected chi connectivity index (χ0v) is 11.5. The average molecular weight is 277 g/mol. The number of aromatic nitrogens is 1. The van der Waals surface area contributed by atoms with Crippen LogP contribution < -0.4 is 5.32 Å². The number of hydrogen-bond donors (Lipinski definition) is 2. The molecule has 1 fully saturated rings. The fourth-order valence-electron chi connectivity index (χ4n) is 2.42. The summed E-state index contributed by atoms with van der Waals surface area (Å²) in [7, 11) is 2.08. The van der Waals surface area contributed by atoms with Gasteiger partial charge in [0.2, 0.25) is 0 Å². The molecule has 1 aromatic rings. The number of piperidine rings is 1. The van der Waals surface area contributed by atoms with Crippen molar-refractivity contribution in [2.24, 2.45) is 5.92 Å². The molecule has 1 unspecified atom stereocenters. The van der Waals surface area contributed by atoms with Gasteiger partial charge in [0, 0.05) is 19.3 Å². The van der Waals surface area contributed by atoms with Gasteiger partial charge in [-0.2, -0.15) is 0 Å². The highest BCUT2D eigenvalue weighted by Gasteiger charge is 2.18. The van der Waals surface area contributed by atoms with Crippen molar-refractivity contribution in [3.63, 3.8) is 0 Å². The molecule has 1 aliphatic rings. The first-order chi connectivity index (χ1) is 9.56. The fraction of sp³-hybridized carbons (Fsp3) is 0.500. The van der Waals surface area contributed by atoms with Crippen LogP contribution in [0.2, 0.25) is 0 Å². The number of nitrogens with zero attached hydrogens (tertiary/aromatic N) is 2. The van der Waals surface area contributed by atoms with Crippen LogP contribution in [-0.4, -0.2) is 53.5 Å². The number of likely N-dealkylation sites (tertiary alicyclic amines) is 1. The van der Waals surface area contributed by atoms with Crippen LogP contribution in [0.15, 0.2) is 18.3 Å². The fourth-order valence-corrected chi connectivity index (χ4v) is 2.42. The summed E-state index contributed by atoms with van der Waals surface area (Å²) in [6, 6.07) is 2.82. The van der Waals surface area contributed by atoms with E-state index in [1.165, 1.54) is 18.3 Å². The van der Waals surface area contributed by atoms with Crippen molar-refractivity contribution in [3.8, 4) is 0 Å². The Morgan fingerprint density at radius 2 is 2.30 bits per heavy atom. The van der Waals surface area contributed by atoms with Crippen LogP contribution in [0.4, 0.5) is 0 Å². The number of carbonyl (C=O) groups is 2. The van der Waals surface area contributed by atoms with Gasteiger partial charge >= 0.3 is 5.97 Å². The Labute approximate surface area is 117 Å². The van der Waals surface area contributed by atoms with E-state index in [1.807, 2.05) is 0 Å². The Morgan fingerprint density at radius 3 is 2.90 bits per heavy atom. The van der Waals surface area contributed by atoms with Gasteiger partial charge in [-0.1, -0.05) is 0 Å². The number of carboxylic acid groups (broad SMARTS) is 1. The van der Waals surface area contributed by atoms with E-state index in [9.17, 15) is 9.59 Å². The predicted molar refractivity (Wildman–Crippen MR) is 73.8 cm³/mol. The standard InChI is InChI=1S/C14H19N3O3/c1-17-6-2-3-10(9-17)7-16-13(18)12-5-4-11(8-15-12)14(19)20/h4-5,8,10H,2-3,6-7,9H2,1H3,(H,16,18)(H,19,20). The van der Waals surface area contributed by atoms with Crippen molar-refractivity contribution in [2.45, 2.75) is 12.8 Å². The first-order valence-corrected chi connectivity index (χ1v) is 6.72. The number of rotatable bonds is 4. The van der Waals surface area contributed by atoms with Crippen LogP contribution in [0.25, 0.3) is 0 Å². The monoisotopic (exact) mass is 277 g/mol. The summed E-state index contributed by atoms with van der Waals surface area (Å²) in [6.07, 6.45) is 3.48. The van der Waals surface area contributed by atoms with Crippen molar-refractivity contribution in [2.75, 3.05) is 26.7 Å². The molecule has 0 aromatic carbocycles. The maximum atomic E-state index is 11.9. The van der Waals surface area contributed by atoms with E-state index >= 15 is 0 Å². The highest BCUT2D eigenvalue weighted by molar-refractivity contribution is 5.93. The second-order valence-electron chi connectivity index (χ2n) is 5.22. The zero-order valence-electron chi connectivity index (χ0n) is 11.5. The second kappa shape index (κ2) is 6.47. The van der Waals surface area contributed by atoms with E-state index in [0.29, 0.717) is 12.5 Å². The Kier molecular flexibility index (Phi) is 4.68. The summed E-state index contributed by atoms with van der Waals surface area (Å²) < 4.78 is 0. The van der Waals surface area contributed by atoms with Crippen LogP contribution in [0.1, 0.15) is 33.7 Å². The van der Waals surface area contributed by atoms with E-state index < -0.39 is 5.97 Å². The second-order valence-corrected chi connectivity index (χ2v) is 5.22. The summed E-state index contributed by atoms with van der Waals surface area (Å²) in [5.74, 6) is -0.833. The van der Waals surface area contributed by atoms with E-state index in [-0.39, 0.29) is 17.2 Å². The van der Waals surface area contributed by atoms with Gasteiger partial charge in [0.25, 0.3) is 5.91 Å². The molecule has 1 aromatic heterocycles. The maximum absolute atomic E-state index is 11.9. The number of pyridine rings is 1. The lowest BCUT2D eigenvalue weighted by atomic mass is 9.98. The van der Waals surface area contributed by atoms with Crippen molar-refractivity contribution >= 4 is 11.9 Å². The van der Waals surface area contributed by atoms with E-state index in [1.54, 1.807) is 0 Å². The van der Waals surface area contributed by atoms with Gasteiger partial charge in [-0.25, -0.2) is 4.79 Å². The zero-order chi connectivity index (χ0) is 14.5. The topological polar surface area (TPSA) is 82.5 Å². The molecule has 0 aliphatic carbocycles. The molecule has 2 heterocycles. The third-order valence-electron chi connectivity index (χ3n) is 3.52. The van der Waals surface area contributed by atoms with Gasteiger partial charge in [0.05, 0.1) is 5.56 Å². The number of carboxylic acids is 1. The molecule has 2 N–H and O–H groups in total. The van der Waals surface area contributed by atoms with Gasteiger partial charge < -0.3 is 15.3 Å². The molecular weight excluding hydrogens is 258 g/mol. The van der Waals surface area contributed by atoms with Crippen molar-refractivity contribution in [1.29, 1.82) is 0 Å². The van der Waals surface area contributed by atoms with Crippen LogP contribution in [0.5, 0.6) is 0 Å². The van der Waals surface area contributed by atoms with Gasteiger partial charge in [0.15, 0.2) is 0 Å². The summed E-state index contributed by atoms with van der Waals surface area (Å²) in [5.41, 5.74) is 0.328. The number of nitrogens with one attached hydrogen (secondary N) is 1. The van der Waals surface area contributed by atoms with Crippen LogP contribution in [-0.2, 0) is 0 Å². The molecule has 0 radical (unpaired) electrons. The summed E-state index contributed by atoms with van der Waals surface area (Å²) >= 11 is 0. The molecule has 0 spiro atoms. The molecular formula is C14H19N3O3. The third kappa shape index (κ3) is 3.77. The van der Waals surface area contributed by atoms with E-state index in [4.69, 9.17) is 5.11 Å². The van der Waals surface area contributed by atoms with Gasteiger partial charge in [-0.05, 0) is 44.5 Å². The van der Waals surface area contributed by atoms with Crippen LogP contribution in [0, 0.1) is 5.92 Å². The number of aromatic carboxylic acids is 1. The molecule has 6 heteroatoms. The third-order valence-corrected chi connectivity index (χ3v) is 3.52. The lowest BCUT2D eigenvalue weighted by Gasteiger charge is -2.29. The summed E-state index contributed by atoms with van der Waals surface area (Å²) in [5, 5.41) is 11.6. The Balaban J connectivity index is 1.86. The SMILES string of the molecule is CN1CCCC(CNC(=O)c2ccc(C(=O)O)cn2)C1. The molecule has 1 aliphatic heterocycles. The van der Waals surface area contributed by atoms with Crippen molar-refractivity contribution in [1.82, 2.24) is 15.2 Å². The highest BCUT2D eigenvalue weighted by atomic mass is 16.4. The molecule has 0 bridgehead atoms.